The number of sulfonamides is 1. The normalized spacial score (nSPS) is 11.3. The van der Waals surface area contributed by atoms with Gasteiger partial charge in [0.15, 0.2) is 0 Å². The summed E-state index contributed by atoms with van der Waals surface area (Å²) in [4.78, 5) is 11.6. The van der Waals surface area contributed by atoms with Crippen LogP contribution in [0.15, 0.2) is 51.8 Å². The minimum Gasteiger partial charge on any atom is -0.324 e. The van der Waals surface area contributed by atoms with E-state index in [2.05, 4.69) is 26.0 Å². The quantitative estimate of drug-likeness (QED) is 0.756. The van der Waals surface area contributed by atoms with Gasteiger partial charge in [-0.2, -0.15) is 0 Å². The molecule has 0 bridgehead atoms. The second-order valence-corrected chi connectivity index (χ2v) is 7.46. The maximum atomic E-state index is 13.6. The van der Waals surface area contributed by atoms with Crippen LogP contribution in [0.1, 0.15) is 6.42 Å². The molecule has 0 saturated heterocycles. The summed E-state index contributed by atoms with van der Waals surface area (Å²) in [6.45, 7) is -0.177. The molecule has 128 valence electrons. The molecule has 0 unspecified atom stereocenters. The Kier molecular flexibility index (Phi) is 6.03. The third-order valence-electron chi connectivity index (χ3n) is 2.97. The molecule has 0 saturated carbocycles. The SMILES string of the molecule is O=C(CCNS(=O)(=O)c1ccc(F)cc1)Nc1ccc(Br)cc1F. The Labute approximate surface area is 146 Å². The number of nitrogens with one attached hydrogen (secondary N) is 2. The minimum absolute atomic E-state index is 0.00425. The van der Waals surface area contributed by atoms with Gasteiger partial charge in [0.05, 0.1) is 10.6 Å². The Hall–Kier alpha value is -1.84. The molecule has 0 spiro atoms. The predicted molar refractivity (Wildman–Crippen MR) is 88.9 cm³/mol. The molecule has 2 aromatic carbocycles. The van der Waals surface area contributed by atoms with E-state index in [0.717, 1.165) is 24.3 Å². The molecular formula is C15H13BrF2N2O3S. The van der Waals surface area contributed by atoms with Crippen LogP contribution in [0.25, 0.3) is 0 Å². The second-order valence-electron chi connectivity index (χ2n) is 4.77. The smallest absolute Gasteiger partial charge is 0.240 e. The van der Waals surface area contributed by atoms with E-state index in [1.54, 1.807) is 6.07 Å². The van der Waals surface area contributed by atoms with E-state index in [0.29, 0.717) is 4.47 Å². The first-order chi connectivity index (χ1) is 11.3. The van der Waals surface area contributed by atoms with Crippen LogP contribution in [0, 0.1) is 11.6 Å². The minimum atomic E-state index is -3.84. The molecule has 0 fully saturated rings. The Balaban J connectivity index is 1.89. The highest BCUT2D eigenvalue weighted by atomic mass is 79.9. The van der Waals surface area contributed by atoms with Gasteiger partial charge in [0.2, 0.25) is 15.9 Å². The van der Waals surface area contributed by atoms with E-state index < -0.39 is 27.6 Å². The highest BCUT2D eigenvalue weighted by molar-refractivity contribution is 9.10. The maximum Gasteiger partial charge on any atom is 0.240 e. The lowest BCUT2D eigenvalue weighted by Gasteiger charge is -2.08. The van der Waals surface area contributed by atoms with E-state index >= 15 is 0 Å². The first-order valence-electron chi connectivity index (χ1n) is 6.78. The fraction of sp³-hybridized carbons (Fsp3) is 0.133. The van der Waals surface area contributed by atoms with Crippen LogP contribution in [0.5, 0.6) is 0 Å². The fourth-order valence-electron chi connectivity index (χ4n) is 1.80. The summed E-state index contributed by atoms with van der Waals surface area (Å²) in [5, 5.41) is 2.35. The summed E-state index contributed by atoms with van der Waals surface area (Å²) >= 11 is 3.10. The zero-order chi connectivity index (χ0) is 17.7. The van der Waals surface area contributed by atoms with E-state index in [1.807, 2.05) is 0 Å². The van der Waals surface area contributed by atoms with Gasteiger partial charge in [0.1, 0.15) is 11.6 Å². The predicted octanol–water partition coefficient (Wildman–Crippen LogP) is 3.03. The molecule has 0 aromatic heterocycles. The standard InChI is InChI=1S/C15H13BrF2N2O3S/c16-10-1-6-14(13(18)9-10)20-15(21)7-8-19-24(22,23)12-4-2-11(17)3-5-12/h1-6,9,19H,7-8H2,(H,20,21). The Bertz CT molecular complexity index is 842. The molecule has 1 amide bonds. The average Bonchev–Trinajstić information content (AvgIpc) is 2.50. The lowest BCUT2D eigenvalue weighted by Crippen LogP contribution is -2.28. The van der Waals surface area contributed by atoms with Crippen molar-refractivity contribution in [1.29, 1.82) is 0 Å². The number of carbonyl (C=O) groups is 1. The molecule has 5 nitrogen and oxygen atoms in total. The van der Waals surface area contributed by atoms with Crippen molar-refractivity contribution in [3.8, 4) is 0 Å². The first-order valence-corrected chi connectivity index (χ1v) is 9.06. The van der Waals surface area contributed by atoms with Gasteiger partial charge in [-0.15, -0.1) is 0 Å². The molecule has 9 heteroatoms. The topological polar surface area (TPSA) is 75.3 Å². The summed E-state index contributed by atoms with van der Waals surface area (Å²) in [5.41, 5.74) is 0.00425. The first kappa shape index (κ1) is 18.5. The van der Waals surface area contributed by atoms with E-state index in [-0.39, 0.29) is 23.5 Å². The largest absolute Gasteiger partial charge is 0.324 e. The Morgan fingerprint density at radius 2 is 1.75 bits per heavy atom. The molecule has 2 aromatic rings. The molecule has 0 aliphatic rings. The fourth-order valence-corrected chi connectivity index (χ4v) is 3.16. The number of carbonyl (C=O) groups excluding carboxylic acids is 1. The summed E-state index contributed by atoms with van der Waals surface area (Å²) in [6.07, 6.45) is -0.185. The van der Waals surface area contributed by atoms with Crippen molar-refractivity contribution in [2.75, 3.05) is 11.9 Å². The second kappa shape index (κ2) is 7.82. The van der Waals surface area contributed by atoms with E-state index in [4.69, 9.17) is 0 Å². The van der Waals surface area contributed by atoms with Gasteiger partial charge in [-0.25, -0.2) is 21.9 Å². The van der Waals surface area contributed by atoms with Crippen molar-refractivity contribution in [2.45, 2.75) is 11.3 Å². The molecule has 2 rings (SSSR count). The van der Waals surface area contributed by atoms with Gasteiger partial charge in [0.25, 0.3) is 0 Å². The van der Waals surface area contributed by atoms with Crippen LogP contribution in [-0.2, 0) is 14.8 Å². The summed E-state index contributed by atoms with van der Waals surface area (Å²) in [6, 6.07) is 8.45. The lowest BCUT2D eigenvalue weighted by molar-refractivity contribution is -0.116. The molecule has 0 heterocycles. The van der Waals surface area contributed by atoms with Crippen molar-refractivity contribution in [2.24, 2.45) is 0 Å². The van der Waals surface area contributed by atoms with Crippen LogP contribution in [0.2, 0.25) is 0 Å². The van der Waals surface area contributed by atoms with Crippen molar-refractivity contribution in [3.05, 3.63) is 58.6 Å². The highest BCUT2D eigenvalue weighted by Crippen LogP contribution is 2.19. The molecular weight excluding hydrogens is 406 g/mol. The number of hydrogen-bond donors (Lipinski definition) is 2. The summed E-state index contributed by atoms with van der Waals surface area (Å²) in [7, 11) is -3.84. The lowest BCUT2D eigenvalue weighted by atomic mass is 10.3. The van der Waals surface area contributed by atoms with Crippen LogP contribution >= 0.6 is 15.9 Å². The summed E-state index contributed by atoms with van der Waals surface area (Å²) in [5.74, 6) is -1.70. The summed E-state index contributed by atoms with van der Waals surface area (Å²) < 4.78 is 53.0. The third kappa shape index (κ3) is 5.08. The van der Waals surface area contributed by atoms with Gasteiger partial charge >= 0.3 is 0 Å². The Morgan fingerprint density at radius 3 is 2.38 bits per heavy atom. The van der Waals surface area contributed by atoms with Crippen LogP contribution in [-0.4, -0.2) is 20.9 Å². The molecule has 2 N–H and O–H groups in total. The van der Waals surface area contributed by atoms with Gasteiger partial charge in [-0.1, -0.05) is 15.9 Å². The van der Waals surface area contributed by atoms with Crippen LogP contribution in [0.3, 0.4) is 0 Å². The molecule has 0 atom stereocenters. The number of benzene rings is 2. The monoisotopic (exact) mass is 418 g/mol. The van der Waals surface area contributed by atoms with Crippen molar-refractivity contribution in [1.82, 2.24) is 4.72 Å². The number of hydrogen-bond acceptors (Lipinski definition) is 3. The number of amides is 1. The van der Waals surface area contributed by atoms with Gasteiger partial charge < -0.3 is 5.32 Å². The maximum absolute atomic E-state index is 13.6. The molecule has 0 aliphatic heterocycles. The van der Waals surface area contributed by atoms with Gasteiger partial charge in [-0.3, -0.25) is 4.79 Å². The molecule has 0 aliphatic carbocycles. The highest BCUT2D eigenvalue weighted by Gasteiger charge is 2.14. The molecule has 24 heavy (non-hydrogen) atoms. The van der Waals surface area contributed by atoms with Crippen molar-refractivity contribution >= 4 is 37.5 Å². The van der Waals surface area contributed by atoms with Crippen molar-refractivity contribution in [3.63, 3.8) is 0 Å². The van der Waals surface area contributed by atoms with Crippen molar-refractivity contribution < 1.29 is 22.0 Å². The van der Waals surface area contributed by atoms with Gasteiger partial charge in [-0.05, 0) is 42.5 Å². The number of anilines is 1. The van der Waals surface area contributed by atoms with E-state index in [1.165, 1.54) is 12.1 Å². The zero-order valence-corrected chi connectivity index (χ0v) is 14.6. The van der Waals surface area contributed by atoms with E-state index in [9.17, 15) is 22.0 Å². The number of rotatable bonds is 6. The third-order valence-corrected chi connectivity index (χ3v) is 4.94. The van der Waals surface area contributed by atoms with Crippen LogP contribution < -0.4 is 10.0 Å². The Morgan fingerprint density at radius 1 is 1.08 bits per heavy atom. The average molecular weight is 419 g/mol. The zero-order valence-electron chi connectivity index (χ0n) is 12.2. The van der Waals surface area contributed by atoms with Crippen LogP contribution in [0.4, 0.5) is 14.5 Å². The number of halogens is 3. The molecule has 0 radical (unpaired) electrons. The van der Waals surface area contributed by atoms with Gasteiger partial charge in [0, 0.05) is 17.4 Å².